The predicted octanol–water partition coefficient (Wildman–Crippen LogP) is 2.22. The highest BCUT2D eigenvalue weighted by Crippen LogP contribution is 2.33. The molecule has 1 rings (SSSR count). The number of aliphatic carboxylic acids is 1. The second kappa shape index (κ2) is 4.97. The van der Waals surface area contributed by atoms with Crippen LogP contribution >= 0.6 is 0 Å². The smallest absolute Gasteiger partial charge is 0.308 e. The van der Waals surface area contributed by atoms with E-state index in [4.69, 9.17) is 5.11 Å². The average molecular weight is 213 g/mol. The molecular weight excluding hydrogens is 190 g/mol. The van der Waals surface area contributed by atoms with E-state index in [1.807, 2.05) is 0 Å². The lowest BCUT2D eigenvalue weighted by Gasteiger charge is -2.43. The zero-order valence-corrected chi connectivity index (χ0v) is 10.2. The van der Waals surface area contributed by atoms with Crippen LogP contribution in [0.1, 0.15) is 40.0 Å². The third-order valence-corrected chi connectivity index (χ3v) is 3.59. The summed E-state index contributed by atoms with van der Waals surface area (Å²) in [6.45, 7) is 6.61. The van der Waals surface area contributed by atoms with Crippen LogP contribution in [0.25, 0.3) is 0 Å². The lowest BCUT2D eigenvalue weighted by molar-refractivity contribution is -0.149. The van der Waals surface area contributed by atoms with Gasteiger partial charge in [0.05, 0.1) is 5.92 Å². The first-order valence-corrected chi connectivity index (χ1v) is 5.88. The molecule has 0 amide bonds. The Labute approximate surface area is 92.5 Å². The van der Waals surface area contributed by atoms with Crippen molar-refractivity contribution < 1.29 is 9.90 Å². The van der Waals surface area contributed by atoms with E-state index in [1.54, 1.807) is 0 Å². The van der Waals surface area contributed by atoms with Crippen molar-refractivity contribution in [2.45, 2.75) is 52.1 Å². The van der Waals surface area contributed by atoms with Gasteiger partial charge in [0.15, 0.2) is 0 Å². The summed E-state index contributed by atoms with van der Waals surface area (Å²) in [5.41, 5.74) is 0. The van der Waals surface area contributed by atoms with E-state index in [2.05, 4.69) is 32.7 Å². The second-order valence-corrected chi connectivity index (χ2v) is 5.23. The molecule has 0 aromatic rings. The molecule has 88 valence electrons. The van der Waals surface area contributed by atoms with Crippen LogP contribution in [0.3, 0.4) is 0 Å². The van der Waals surface area contributed by atoms with Crippen LogP contribution in [0, 0.1) is 11.8 Å². The van der Waals surface area contributed by atoms with Crippen LogP contribution in [0.5, 0.6) is 0 Å². The standard InChI is InChI=1S/C12H23NO2/c1-8(2)7-9(3)13(4)11-6-5-10(11)12(14)15/h8-11H,5-7H2,1-4H3,(H,14,15). The number of carbonyl (C=O) groups is 1. The maximum absolute atomic E-state index is 10.9. The third-order valence-electron chi connectivity index (χ3n) is 3.59. The Balaban J connectivity index is 2.46. The van der Waals surface area contributed by atoms with Gasteiger partial charge in [0.1, 0.15) is 0 Å². The van der Waals surface area contributed by atoms with E-state index in [0.29, 0.717) is 12.0 Å². The van der Waals surface area contributed by atoms with Crippen molar-refractivity contribution >= 4 is 5.97 Å². The molecule has 3 heteroatoms. The fourth-order valence-electron chi connectivity index (χ4n) is 2.43. The normalized spacial score (nSPS) is 27.9. The van der Waals surface area contributed by atoms with Crippen LogP contribution in [0.2, 0.25) is 0 Å². The largest absolute Gasteiger partial charge is 0.481 e. The number of carboxylic acid groups (broad SMARTS) is 1. The molecule has 1 aliphatic carbocycles. The van der Waals surface area contributed by atoms with Gasteiger partial charge in [0.2, 0.25) is 0 Å². The summed E-state index contributed by atoms with van der Waals surface area (Å²) in [4.78, 5) is 13.2. The third kappa shape index (κ3) is 2.94. The molecule has 1 N–H and O–H groups in total. The molecule has 0 aliphatic heterocycles. The molecule has 1 fully saturated rings. The van der Waals surface area contributed by atoms with Gasteiger partial charge in [0.25, 0.3) is 0 Å². The Morgan fingerprint density at radius 3 is 2.33 bits per heavy atom. The molecule has 3 nitrogen and oxygen atoms in total. The van der Waals surface area contributed by atoms with E-state index in [0.717, 1.165) is 19.3 Å². The maximum atomic E-state index is 10.9. The molecule has 0 heterocycles. The average Bonchev–Trinajstić information content (AvgIpc) is 1.99. The summed E-state index contributed by atoms with van der Waals surface area (Å²) in [6.07, 6.45) is 3.02. The molecule has 0 saturated heterocycles. The lowest BCUT2D eigenvalue weighted by atomic mass is 9.78. The molecule has 0 aromatic heterocycles. The van der Waals surface area contributed by atoms with Crippen molar-refractivity contribution in [1.82, 2.24) is 4.90 Å². The van der Waals surface area contributed by atoms with Crippen molar-refractivity contribution in [1.29, 1.82) is 0 Å². The minimum Gasteiger partial charge on any atom is -0.481 e. The highest BCUT2D eigenvalue weighted by atomic mass is 16.4. The van der Waals surface area contributed by atoms with Crippen LogP contribution in [0.4, 0.5) is 0 Å². The molecular formula is C12H23NO2. The number of nitrogens with zero attached hydrogens (tertiary/aromatic N) is 1. The van der Waals surface area contributed by atoms with Crippen molar-refractivity contribution in [3.05, 3.63) is 0 Å². The highest BCUT2D eigenvalue weighted by molar-refractivity contribution is 5.72. The molecule has 3 atom stereocenters. The van der Waals surface area contributed by atoms with Gasteiger partial charge in [-0.2, -0.15) is 0 Å². The molecule has 1 aliphatic rings. The fraction of sp³-hybridized carbons (Fsp3) is 0.917. The molecule has 0 radical (unpaired) electrons. The minimum absolute atomic E-state index is 0.135. The maximum Gasteiger partial charge on any atom is 0.308 e. The first-order chi connectivity index (χ1) is 6.93. The highest BCUT2D eigenvalue weighted by Gasteiger charge is 2.40. The van der Waals surface area contributed by atoms with Crippen molar-refractivity contribution in [3.8, 4) is 0 Å². The number of carboxylic acids is 1. The Morgan fingerprint density at radius 2 is 2.00 bits per heavy atom. The van der Waals surface area contributed by atoms with Gasteiger partial charge >= 0.3 is 5.97 Å². The molecule has 3 unspecified atom stereocenters. The summed E-state index contributed by atoms with van der Waals surface area (Å²) in [7, 11) is 2.06. The Morgan fingerprint density at radius 1 is 1.40 bits per heavy atom. The number of rotatable bonds is 5. The van der Waals surface area contributed by atoms with Crippen LogP contribution < -0.4 is 0 Å². The van der Waals surface area contributed by atoms with Crippen molar-refractivity contribution in [2.24, 2.45) is 11.8 Å². The molecule has 15 heavy (non-hydrogen) atoms. The topological polar surface area (TPSA) is 40.5 Å². The van der Waals surface area contributed by atoms with Gasteiger partial charge < -0.3 is 5.11 Å². The predicted molar refractivity (Wildman–Crippen MR) is 60.8 cm³/mol. The van der Waals surface area contributed by atoms with E-state index in [1.165, 1.54) is 0 Å². The quantitative estimate of drug-likeness (QED) is 0.761. The monoisotopic (exact) mass is 213 g/mol. The first-order valence-electron chi connectivity index (χ1n) is 5.88. The molecule has 0 aromatic carbocycles. The SMILES string of the molecule is CC(C)CC(C)N(C)C1CCC1C(=O)O. The minimum atomic E-state index is -0.630. The number of hydrogen-bond donors (Lipinski definition) is 1. The second-order valence-electron chi connectivity index (χ2n) is 5.23. The van der Waals surface area contributed by atoms with Crippen molar-refractivity contribution in [2.75, 3.05) is 7.05 Å². The Kier molecular flexibility index (Phi) is 4.14. The Bertz CT molecular complexity index is 228. The van der Waals surface area contributed by atoms with Gasteiger partial charge in [0, 0.05) is 12.1 Å². The summed E-state index contributed by atoms with van der Waals surface area (Å²) in [6, 6.07) is 0.744. The van der Waals surface area contributed by atoms with E-state index in [9.17, 15) is 4.79 Å². The number of hydrogen-bond acceptors (Lipinski definition) is 2. The van der Waals surface area contributed by atoms with Crippen LogP contribution in [-0.2, 0) is 4.79 Å². The molecule has 0 spiro atoms. The summed E-state index contributed by atoms with van der Waals surface area (Å²) in [5.74, 6) is -0.0923. The molecule has 1 saturated carbocycles. The summed E-state index contributed by atoms with van der Waals surface area (Å²) in [5, 5.41) is 8.99. The van der Waals surface area contributed by atoms with Gasteiger partial charge in [-0.05, 0) is 39.2 Å². The van der Waals surface area contributed by atoms with Crippen LogP contribution in [-0.4, -0.2) is 35.1 Å². The van der Waals surface area contributed by atoms with Gasteiger partial charge in [-0.1, -0.05) is 13.8 Å². The zero-order valence-electron chi connectivity index (χ0n) is 10.2. The zero-order chi connectivity index (χ0) is 11.6. The van der Waals surface area contributed by atoms with Gasteiger partial charge in [-0.25, -0.2) is 0 Å². The molecule has 0 bridgehead atoms. The van der Waals surface area contributed by atoms with Crippen molar-refractivity contribution in [3.63, 3.8) is 0 Å². The summed E-state index contributed by atoms with van der Waals surface area (Å²) < 4.78 is 0. The lowest BCUT2D eigenvalue weighted by Crippen LogP contribution is -2.51. The Hall–Kier alpha value is -0.570. The first kappa shape index (κ1) is 12.5. The van der Waals surface area contributed by atoms with E-state index >= 15 is 0 Å². The summed E-state index contributed by atoms with van der Waals surface area (Å²) >= 11 is 0. The van der Waals surface area contributed by atoms with Gasteiger partial charge in [-0.3, -0.25) is 9.69 Å². The van der Waals surface area contributed by atoms with Crippen LogP contribution in [0.15, 0.2) is 0 Å². The van der Waals surface area contributed by atoms with E-state index in [-0.39, 0.29) is 12.0 Å². The van der Waals surface area contributed by atoms with Gasteiger partial charge in [-0.15, -0.1) is 0 Å². The van der Waals surface area contributed by atoms with E-state index < -0.39 is 5.97 Å². The fourth-order valence-corrected chi connectivity index (χ4v) is 2.43.